The number of amides is 1. The van der Waals surface area contributed by atoms with E-state index < -0.39 is 17.6 Å². The molecule has 0 fully saturated rings. The van der Waals surface area contributed by atoms with Crippen LogP contribution in [0.25, 0.3) is 23.1 Å². The van der Waals surface area contributed by atoms with E-state index in [9.17, 15) is 18.0 Å². The van der Waals surface area contributed by atoms with Gasteiger partial charge in [-0.15, -0.1) is 0 Å². The average molecular weight is 465 g/mol. The van der Waals surface area contributed by atoms with Crippen LogP contribution >= 0.6 is 11.8 Å². The summed E-state index contributed by atoms with van der Waals surface area (Å²) in [6.45, 7) is 0. The molecule has 0 aliphatic carbocycles. The van der Waals surface area contributed by atoms with Crippen LogP contribution in [0.5, 0.6) is 0 Å². The fraction of sp³-hybridized carbons (Fsp3) is 0.0417. The quantitative estimate of drug-likeness (QED) is 0.463. The van der Waals surface area contributed by atoms with E-state index in [1.165, 1.54) is 42.1 Å². The number of amidine groups is 2. The Balaban J connectivity index is 1.46. The first-order valence-corrected chi connectivity index (χ1v) is 10.6. The molecule has 9 heteroatoms. The lowest BCUT2D eigenvalue weighted by atomic mass is 10.1. The van der Waals surface area contributed by atoms with Crippen LogP contribution in [0.1, 0.15) is 16.9 Å². The third kappa shape index (κ3) is 3.91. The summed E-state index contributed by atoms with van der Waals surface area (Å²) in [5.74, 6) is -0.194. The molecular formula is C24H14F3N3O2S. The maximum Gasteiger partial charge on any atom is 0.416 e. The van der Waals surface area contributed by atoms with E-state index in [1.54, 1.807) is 4.90 Å². The van der Waals surface area contributed by atoms with Gasteiger partial charge in [0.2, 0.25) is 0 Å². The molecule has 1 N–H and O–H groups in total. The lowest BCUT2D eigenvalue weighted by molar-refractivity contribution is -0.137. The van der Waals surface area contributed by atoms with Crippen LogP contribution in [0.2, 0.25) is 0 Å². The van der Waals surface area contributed by atoms with Crippen molar-refractivity contribution in [2.24, 2.45) is 4.99 Å². The number of carbonyl (C=O) groups is 1. The van der Waals surface area contributed by atoms with Crippen molar-refractivity contribution in [1.82, 2.24) is 4.90 Å². The maximum atomic E-state index is 13.0. The van der Waals surface area contributed by atoms with Gasteiger partial charge in [-0.2, -0.15) is 18.2 Å². The van der Waals surface area contributed by atoms with Gasteiger partial charge in [-0.25, -0.2) is 0 Å². The molecule has 5 nitrogen and oxygen atoms in total. The van der Waals surface area contributed by atoms with Crippen molar-refractivity contribution >= 4 is 40.4 Å². The van der Waals surface area contributed by atoms with E-state index in [2.05, 4.69) is 4.99 Å². The minimum absolute atomic E-state index is 0.0213. The summed E-state index contributed by atoms with van der Waals surface area (Å²) in [4.78, 5) is 18.3. The number of halogens is 3. The lowest BCUT2D eigenvalue weighted by Gasteiger charge is -2.26. The summed E-state index contributed by atoms with van der Waals surface area (Å²) >= 11 is 1.26. The zero-order valence-electron chi connectivity index (χ0n) is 16.8. The number of rotatable bonds is 3. The molecule has 2 aliphatic heterocycles. The predicted octanol–water partition coefficient (Wildman–Crippen LogP) is 6.27. The van der Waals surface area contributed by atoms with Gasteiger partial charge >= 0.3 is 6.18 Å². The number of fused-ring (bicyclic) bond motifs is 1. The van der Waals surface area contributed by atoms with Crippen LogP contribution in [-0.4, -0.2) is 21.8 Å². The molecule has 0 radical (unpaired) electrons. The molecule has 0 atom stereocenters. The number of furan rings is 1. The summed E-state index contributed by atoms with van der Waals surface area (Å²) in [6.07, 6.45) is -3.09. The highest BCUT2D eigenvalue weighted by molar-refractivity contribution is 8.17. The zero-order valence-corrected chi connectivity index (χ0v) is 17.6. The average Bonchev–Trinajstić information content (AvgIpc) is 3.44. The van der Waals surface area contributed by atoms with Crippen LogP contribution in [-0.2, 0) is 11.0 Å². The second kappa shape index (κ2) is 7.93. The van der Waals surface area contributed by atoms with Gasteiger partial charge in [0, 0.05) is 11.0 Å². The smallest absolute Gasteiger partial charge is 0.416 e. The standard InChI is InChI=1S/C24H14F3N3O2S/c25-24(26,27)16-8-4-7-15(11-16)20-10-9-17(32-20)12-18-21(28)30-19(14-5-2-1-3-6-14)13-33-23(30)29-22(18)31/h1-13,28H/b18-12-,28-21?. The van der Waals surface area contributed by atoms with Gasteiger partial charge < -0.3 is 4.42 Å². The Hall–Kier alpha value is -3.85. The second-order valence-corrected chi connectivity index (χ2v) is 8.05. The van der Waals surface area contributed by atoms with E-state index in [0.717, 1.165) is 23.4 Å². The molecule has 3 heterocycles. The van der Waals surface area contributed by atoms with Gasteiger partial charge in [-0.1, -0.05) is 54.2 Å². The first-order chi connectivity index (χ1) is 15.8. The van der Waals surface area contributed by atoms with E-state index in [0.29, 0.717) is 5.17 Å². The first kappa shape index (κ1) is 21.0. The summed E-state index contributed by atoms with van der Waals surface area (Å²) in [7, 11) is 0. The molecule has 164 valence electrons. The SMILES string of the molecule is N=C1/C(=C/c2ccc(-c3cccc(C(F)(F)F)c3)o2)C(=O)N=C2SC=C(c3ccccc3)N12. The molecule has 3 aromatic rings. The van der Waals surface area contributed by atoms with Gasteiger partial charge in [0.25, 0.3) is 5.91 Å². The van der Waals surface area contributed by atoms with Crippen molar-refractivity contribution in [2.45, 2.75) is 6.18 Å². The van der Waals surface area contributed by atoms with Gasteiger partial charge in [-0.3, -0.25) is 15.1 Å². The summed E-state index contributed by atoms with van der Waals surface area (Å²) in [5, 5.41) is 10.9. The van der Waals surface area contributed by atoms with Crippen molar-refractivity contribution < 1.29 is 22.4 Å². The zero-order chi connectivity index (χ0) is 23.2. The molecule has 33 heavy (non-hydrogen) atoms. The van der Waals surface area contributed by atoms with Gasteiger partial charge in [0.15, 0.2) is 5.17 Å². The minimum Gasteiger partial charge on any atom is -0.457 e. The summed E-state index contributed by atoms with van der Waals surface area (Å²) < 4.78 is 44.7. The number of hydrogen-bond donors (Lipinski definition) is 1. The Kier molecular flexibility index (Phi) is 5.05. The third-order valence-corrected chi connectivity index (χ3v) is 5.90. The molecule has 5 rings (SSSR count). The Morgan fingerprint density at radius 1 is 1.00 bits per heavy atom. The van der Waals surface area contributed by atoms with Crippen LogP contribution < -0.4 is 0 Å². The minimum atomic E-state index is -4.47. The maximum absolute atomic E-state index is 13.0. The molecule has 0 unspecified atom stereocenters. The number of aliphatic imine (C=N–C) groups is 1. The summed E-state index contributed by atoms with van der Waals surface area (Å²) in [5.41, 5.74) is 1.09. The lowest BCUT2D eigenvalue weighted by Crippen LogP contribution is -2.37. The van der Waals surface area contributed by atoms with Gasteiger partial charge in [-0.05, 0) is 35.9 Å². The van der Waals surface area contributed by atoms with Crippen molar-refractivity contribution in [3.05, 3.63) is 94.6 Å². The molecular weight excluding hydrogens is 451 g/mol. The van der Waals surface area contributed by atoms with Gasteiger partial charge in [0.1, 0.15) is 17.4 Å². The van der Waals surface area contributed by atoms with Gasteiger partial charge in [0.05, 0.1) is 16.8 Å². The van der Waals surface area contributed by atoms with E-state index in [1.807, 2.05) is 35.7 Å². The second-order valence-electron chi connectivity index (χ2n) is 7.21. The molecule has 2 aliphatic rings. The Bertz CT molecular complexity index is 1370. The van der Waals surface area contributed by atoms with Crippen molar-refractivity contribution in [2.75, 3.05) is 0 Å². The number of nitrogens with one attached hydrogen (secondary N) is 1. The predicted molar refractivity (Wildman–Crippen MR) is 121 cm³/mol. The van der Waals surface area contributed by atoms with E-state index in [-0.39, 0.29) is 28.5 Å². The number of benzene rings is 2. The highest BCUT2D eigenvalue weighted by atomic mass is 32.2. The van der Waals surface area contributed by atoms with Crippen LogP contribution in [0.4, 0.5) is 13.2 Å². The highest BCUT2D eigenvalue weighted by Gasteiger charge is 2.36. The van der Waals surface area contributed by atoms with Crippen LogP contribution in [0, 0.1) is 5.41 Å². The number of hydrogen-bond acceptors (Lipinski definition) is 4. The monoisotopic (exact) mass is 465 g/mol. The fourth-order valence-corrected chi connectivity index (χ4v) is 4.38. The number of thioether (sulfide) groups is 1. The van der Waals surface area contributed by atoms with Crippen molar-refractivity contribution in [3.8, 4) is 11.3 Å². The van der Waals surface area contributed by atoms with Crippen molar-refractivity contribution in [3.63, 3.8) is 0 Å². The molecule has 1 amide bonds. The highest BCUT2D eigenvalue weighted by Crippen LogP contribution is 2.38. The van der Waals surface area contributed by atoms with Crippen LogP contribution in [0.3, 0.4) is 0 Å². The van der Waals surface area contributed by atoms with E-state index >= 15 is 0 Å². The Morgan fingerprint density at radius 2 is 1.76 bits per heavy atom. The molecule has 0 saturated carbocycles. The molecule has 0 bridgehead atoms. The first-order valence-electron chi connectivity index (χ1n) is 9.75. The van der Waals surface area contributed by atoms with Crippen LogP contribution in [0.15, 0.2) is 87.1 Å². The number of nitrogens with zero attached hydrogens (tertiary/aromatic N) is 2. The Morgan fingerprint density at radius 3 is 2.52 bits per heavy atom. The molecule has 0 spiro atoms. The largest absolute Gasteiger partial charge is 0.457 e. The normalized spacial score (nSPS) is 17.3. The Labute approximate surface area is 190 Å². The topological polar surface area (TPSA) is 69.7 Å². The summed E-state index contributed by atoms with van der Waals surface area (Å²) in [6, 6.07) is 17.3. The third-order valence-electron chi connectivity index (χ3n) is 5.07. The number of carbonyl (C=O) groups excluding carboxylic acids is 1. The number of alkyl halides is 3. The molecule has 2 aromatic carbocycles. The molecule has 0 saturated heterocycles. The fourth-order valence-electron chi connectivity index (χ4n) is 3.49. The van der Waals surface area contributed by atoms with Crippen molar-refractivity contribution in [1.29, 1.82) is 5.41 Å². The molecule has 1 aromatic heterocycles. The van der Waals surface area contributed by atoms with E-state index in [4.69, 9.17) is 9.83 Å².